The van der Waals surface area contributed by atoms with E-state index in [-0.39, 0.29) is 12.1 Å². The molecule has 6 nitrogen and oxygen atoms in total. The van der Waals surface area contributed by atoms with Gasteiger partial charge in [0, 0.05) is 37.9 Å². The van der Waals surface area contributed by atoms with Crippen LogP contribution in [0.3, 0.4) is 0 Å². The van der Waals surface area contributed by atoms with E-state index in [0.29, 0.717) is 26.1 Å². The lowest BCUT2D eigenvalue weighted by Crippen LogP contribution is -2.60. The van der Waals surface area contributed by atoms with E-state index in [2.05, 4.69) is 10.6 Å². The number of hydrogen-bond acceptors (Lipinski definition) is 4. The van der Waals surface area contributed by atoms with Crippen molar-refractivity contribution in [3.8, 4) is 0 Å². The minimum Gasteiger partial charge on any atom is -0.480 e. The van der Waals surface area contributed by atoms with Crippen LogP contribution in [0.2, 0.25) is 0 Å². The van der Waals surface area contributed by atoms with Gasteiger partial charge >= 0.3 is 12.0 Å². The minimum absolute atomic E-state index is 0.143. The first-order chi connectivity index (χ1) is 9.12. The van der Waals surface area contributed by atoms with E-state index in [1.54, 1.807) is 0 Å². The molecule has 2 rings (SSSR count). The van der Waals surface area contributed by atoms with Gasteiger partial charge < -0.3 is 20.5 Å². The minimum atomic E-state index is -1.18. The Morgan fingerprint density at radius 3 is 2.63 bits per heavy atom. The number of ether oxygens (including phenoxy) is 1. The SMILES string of the molecule is O=C(NC1CCCSC1)NC1(C(=O)O)CCOCC1. The van der Waals surface area contributed by atoms with Crippen molar-refractivity contribution < 1.29 is 19.4 Å². The second-order valence-electron chi connectivity index (χ2n) is 5.01. The highest BCUT2D eigenvalue weighted by Crippen LogP contribution is 2.21. The summed E-state index contributed by atoms with van der Waals surface area (Å²) in [7, 11) is 0. The molecular formula is C12H20N2O4S. The van der Waals surface area contributed by atoms with E-state index in [4.69, 9.17) is 4.74 Å². The molecule has 0 aromatic carbocycles. The van der Waals surface area contributed by atoms with Crippen molar-refractivity contribution in [3.63, 3.8) is 0 Å². The fourth-order valence-corrected chi connectivity index (χ4v) is 3.48. The van der Waals surface area contributed by atoms with Gasteiger partial charge in [0.05, 0.1) is 0 Å². The first kappa shape index (κ1) is 14.5. The maximum atomic E-state index is 12.0. The van der Waals surface area contributed by atoms with Crippen molar-refractivity contribution in [2.24, 2.45) is 0 Å². The first-order valence-corrected chi connectivity index (χ1v) is 7.75. The third kappa shape index (κ3) is 3.76. The number of carbonyl (C=O) groups is 2. The van der Waals surface area contributed by atoms with Gasteiger partial charge in [-0.3, -0.25) is 0 Å². The number of thioether (sulfide) groups is 1. The molecule has 2 amide bonds. The molecule has 0 bridgehead atoms. The summed E-state index contributed by atoms with van der Waals surface area (Å²) in [5.74, 6) is 1.05. The number of amides is 2. The number of rotatable bonds is 3. The molecule has 3 N–H and O–H groups in total. The Morgan fingerprint density at radius 2 is 2.05 bits per heavy atom. The van der Waals surface area contributed by atoms with Crippen LogP contribution in [0.4, 0.5) is 4.79 Å². The van der Waals surface area contributed by atoms with Crippen molar-refractivity contribution in [3.05, 3.63) is 0 Å². The predicted molar refractivity (Wildman–Crippen MR) is 72.4 cm³/mol. The molecule has 2 fully saturated rings. The van der Waals surface area contributed by atoms with Gasteiger partial charge in [-0.1, -0.05) is 0 Å². The zero-order valence-electron chi connectivity index (χ0n) is 10.8. The Bertz CT molecular complexity index is 339. The molecule has 0 aliphatic carbocycles. The summed E-state index contributed by atoms with van der Waals surface area (Å²) in [6.45, 7) is 0.734. The third-order valence-electron chi connectivity index (χ3n) is 3.60. The lowest BCUT2D eigenvalue weighted by molar-refractivity contribution is -0.148. The largest absolute Gasteiger partial charge is 0.480 e. The summed E-state index contributed by atoms with van der Waals surface area (Å²) in [4.78, 5) is 23.4. The summed E-state index contributed by atoms with van der Waals surface area (Å²) in [6.07, 6.45) is 2.68. The summed E-state index contributed by atoms with van der Waals surface area (Å²) >= 11 is 1.82. The molecule has 0 spiro atoms. The van der Waals surface area contributed by atoms with Crippen LogP contribution in [-0.2, 0) is 9.53 Å². The van der Waals surface area contributed by atoms with Crippen LogP contribution in [0.1, 0.15) is 25.7 Å². The maximum Gasteiger partial charge on any atom is 0.329 e. The van der Waals surface area contributed by atoms with Gasteiger partial charge in [-0.05, 0) is 18.6 Å². The Morgan fingerprint density at radius 1 is 1.32 bits per heavy atom. The standard InChI is InChI=1S/C12H20N2O4S/c15-10(16)12(3-5-18-6-4-12)14-11(17)13-9-2-1-7-19-8-9/h9H,1-8H2,(H,15,16)(H2,13,14,17). The molecule has 0 radical (unpaired) electrons. The van der Waals surface area contributed by atoms with Gasteiger partial charge in [0.1, 0.15) is 5.54 Å². The molecule has 0 saturated carbocycles. The summed E-state index contributed by atoms with van der Waals surface area (Å²) in [5.41, 5.74) is -1.18. The Kier molecular flexibility index (Phi) is 4.93. The third-order valence-corrected chi connectivity index (χ3v) is 4.82. The van der Waals surface area contributed by atoms with Crippen LogP contribution >= 0.6 is 11.8 Å². The Hall–Kier alpha value is -0.950. The fraction of sp³-hybridized carbons (Fsp3) is 0.833. The summed E-state index contributed by atoms with van der Waals surface area (Å²) < 4.78 is 5.17. The number of carboxylic acid groups (broad SMARTS) is 1. The van der Waals surface area contributed by atoms with Crippen LogP contribution < -0.4 is 10.6 Å². The zero-order chi connectivity index (χ0) is 13.7. The molecule has 1 unspecified atom stereocenters. The Balaban J connectivity index is 1.89. The van der Waals surface area contributed by atoms with Crippen LogP contribution in [-0.4, -0.2) is 53.4 Å². The molecular weight excluding hydrogens is 268 g/mol. The van der Waals surface area contributed by atoms with E-state index >= 15 is 0 Å². The molecule has 1 atom stereocenters. The summed E-state index contributed by atoms with van der Waals surface area (Å²) in [5, 5.41) is 14.9. The van der Waals surface area contributed by atoms with E-state index < -0.39 is 11.5 Å². The van der Waals surface area contributed by atoms with Crippen molar-refractivity contribution >= 4 is 23.8 Å². The summed E-state index contributed by atoms with van der Waals surface area (Å²) in [6, 6.07) is -0.235. The van der Waals surface area contributed by atoms with Crippen molar-refractivity contribution in [1.29, 1.82) is 0 Å². The average molecular weight is 288 g/mol. The molecule has 7 heteroatoms. The molecule has 2 saturated heterocycles. The van der Waals surface area contributed by atoms with E-state index in [9.17, 15) is 14.7 Å². The molecule has 19 heavy (non-hydrogen) atoms. The maximum absolute atomic E-state index is 12.0. The number of aliphatic carboxylic acids is 1. The average Bonchev–Trinajstić information content (AvgIpc) is 2.40. The number of carboxylic acids is 1. The smallest absolute Gasteiger partial charge is 0.329 e. The predicted octanol–water partition coefficient (Wildman–Crippen LogP) is 0.815. The topological polar surface area (TPSA) is 87.7 Å². The van der Waals surface area contributed by atoms with Crippen LogP contribution in [0, 0.1) is 0 Å². The lowest BCUT2D eigenvalue weighted by Gasteiger charge is -2.34. The quantitative estimate of drug-likeness (QED) is 0.715. The molecule has 2 aliphatic rings. The van der Waals surface area contributed by atoms with E-state index in [1.807, 2.05) is 11.8 Å². The van der Waals surface area contributed by atoms with Crippen molar-refractivity contribution in [1.82, 2.24) is 10.6 Å². The monoisotopic (exact) mass is 288 g/mol. The molecule has 2 aliphatic heterocycles. The van der Waals surface area contributed by atoms with Gasteiger partial charge in [-0.15, -0.1) is 0 Å². The van der Waals surface area contributed by atoms with Crippen molar-refractivity contribution in [2.45, 2.75) is 37.3 Å². The van der Waals surface area contributed by atoms with Crippen LogP contribution in [0.15, 0.2) is 0 Å². The molecule has 108 valence electrons. The van der Waals surface area contributed by atoms with Gasteiger partial charge in [-0.2, -0.15) is 11.8 Å². The fourth-order valence-electron chi connectivity index (χ4n) is 2.41. The second kappa shape index (κ2) is 6.47. The highest BCUT2D eigenvalue weighted by Gasteiger charge is 2.41. The molecule has 0 aromatic rings. The van der Waals surface area contributed by atoms with Gasteiger partial charge in [0.25, 0.3) is 0 Å². The zero-order valence-corrected chi connectivity index (χ0v) is 11.6. The first-order valence-electron chi connectivity index (χ1n) is 6.60. The Labute approximate surface area is 116 Å². The number of nitrogens with one attached hydrogen (secondary N) is 2. The van der Waals surface area contributed by atoms with Crippen LogP contribution in [0.5, 0.6) is 0 Å². The van der Waals surface area contributed by atoms with Crippen LogP contribution in [0.25, 0.3) is 0 Å². The van der Waals surface area contributed by atoms with E-state index in [0.717, 1.165) is 24.3 Å². The number of urea groups is 1. The number of carbonyl (C=O) groups excluding carboxylic acids is 1. The second-order valence-corrected chi connectivity index (χ2v) is 6.16. The molecule has 2 heterocycles. The van der Waals surface area contributed by atoms with E-state index in [1.165, 1.54) is 0 Å². The molecule has 0 aromatic heterocycles. The lowest BCUT2D eigenvalue weighted by atomic mass is 9.90. The highest BCUT2D eigenvalue weighted by atomic mass is 32.2. The van der Waals surface area contributed by atoms with Crippen molar-refractivity contribution in [2.75, 3.05) is 24.7 Å². The van der Waals surface area contributed by atoms with Gasteiger partial charge in [0.15, 0.2) is 0 Å². The van der Waals surface area contributed by atoms with Gasteiger partial charge in [-0.25, -0.2) is 9.59 Å². The van der Waals surface area contributed by atoms with Gasteiger partial charge in [0.2, 0.25) is 0 Å². The highest BCUT2D eigenvalue weighted by molar-refractivity contribution is 7.99. The normalized spacial score (nSPS) is 26.4. The number of hydrogen-bond donors (Lipinski definition) is 3.